The second-order valence-corrected chi connectivity index (χ2v) is 6.19. The molecule has 0 spiro atoms. The number of halogens is 3. The van der Waals surface area contributed by atoms with Crippen molar-refractivity contribution in [2.75, 3.05) is 31.3 Å². The van der Waals surface area contributed by atoms with E-state index in [1.807, 2.05) is 0 Å². The van der Waals surface area contributed by atoms with Gasteiger partial charge < -0.3 is 9.72 Å². The van der Waals surface area contributed by atoms with Crippen molar-refractivity contribution in [2.45, 2.75) is 25.9 Å². The Morgan fingerprint density at radius 2 is 2.04 bits per heavy atom. The van der Waals surface area contributed by atoms with E-state index >= 15 is 0 Å². The molecule has 1 aromatic rings. The minimum atomic E-state index is -4.38. The third kappa shape index (κ3) is 3.49. The number of nitrogens with one attached hydrogen (secondary N) is 1. The molecule has 1 saturated heterocycles. The summed E-state index contributed by atoms with van der Waals surface area (Å²) in [5.74, 6) is 0.281. The van der Waals surface area contributed by atoms with E-state index in [2.05, 4.69) is 4.98 Å². The number of rotatable bonds is 3. The number of pyridine rings is 1. The largest absolute Gasteiger partial charge is 0.415 e. The van der Waals surface area contributed by atoms with Crippen LogP contribution in [0, 0.1) is 5.92 Å². The van der Waals surface area contributed by atoms with Crippen LogP contribution in [0.5, 0.6) is 0 Å². The minimum Gasteiger partial charge on any atom is -0.381 e. The molecule has 2 aliphatic heterocycles. The molecule has 0 bridgehead atoms. The zero-order valence-electron chi connectivity index (χ0n) is 13.4. The topological polar surface area (TPSA) is 48.6 Å². The van der Waals surface area contributed by atoms with E-state index in [-0.39, 0.29) is 23.7 Å². The first kappa shape index (κ1) is 17.0. The molecule has 0 aromatic carbocycles. The molecule has 3 heterocycles. The number of alkyl halides is 3. The molecule has 0 radical (unpaired) electrons. The molecule has 0 unspecified atom stereocenters. The Bertz CT molecular complexity index is 678. The first-order valence-electron chi connectivity index (χ1n) is 7.94. The van der Waals surface area contributed by atoms with Crippen LogP contribution >= 0.6 is 0 Å². The Kier molecular flexibility index (Phi) is 4.69. The van der Waals surface area contributed by atoms with Crippen LogP contribution in [-0.4, -0.2) is 42.5 Å². The summed E-state index contributed by atoms with van der Waals surface area (Å²) >= 11 is 0. The highest BCUT2D eigenvalue weighted by Crippen LogP contribution is 2.38. The summed E-state index contributed by atoms with van der Waals surface area (Å²) in [6, 6.07) is 2.93. The molecule has 0 atom stereocenters. The first-order chi connectivity index (χ1) is 11.4. The lowest BCUT2D eigenvalue weighted by molar-refractivity contribution is -0.0942. The smallest absolute Gasteiger partial charge is 0.381 e. The van der Waals surface area contributed by atoms with Gasteiger partial charge in [-0.15, -0.1) is 0 Å². The van der Waals surface area contributed by atoms with Gasteiger partial charge in [0.2, 0.25) is 5.56 Å². The predicted octanol–water partition coefficient (Wildman–Crippen LogP) is 2.67. The van der Waals surface area contributed by atoms with Crippen molar-refractivity contribution in [1.29, 1.82) is 0 Å². The second kappa shape index (κ2) is 6.60. The molecule has 1 N–H and O–H groups in total. The fourth-order valence-electron chi connectivity index (χ4n) is 3.30. The molecular weight excluding hydrogens is 323 g/mol. The van der Waals surface area contributed by atoms with E-state index in [4.69, 9.17) is 4.74 Å². The standard InChI is InChI=1S/C16H20F3N3O2/c1-11-14(16(17,18)19)10-21(9-12-3-6-24-7-4-12)22(11)13-2-5-20-15(23)8-13/h2,5,8,12H,3-4,6-7,9-10H2,1H3,(H,20,23). The van der Waals surface area contributed by atoms with Gasteiger partial charge in [0.05, 0.1) is 17.8 Å². The van der Waals surface area contributed by atoms with Crippen molar-refractivity contribution in [3.8, 4) is 0 Å². The molecule has 2 aliphatic rings. The van der Waals surface area contributed by atoms with Crippen LogP contribution in [-0.2, 0) is 4.74 Å². The Morgan fingerprint density at radius 3 is 2.67 bits per heavy atom. The lowest BCUT2D eigenvalue weighted by Gasteiger charge is -2.35. The average Bonchev–Trinajstić information content (AvgIpc) is 2.85. The first-order valence-corrected chi connectivity index (χ1v) is 7.94. The molecule has 132 valence electrons. The van der Waals surface area contributed by atoms with Crippen LogP contribution in [0.15, 0.2) is 34.4 Å². The van der Waals surface area contributed by atoms with E-state index in [1.54, 1.807) is 11.1 Å². The lowest BCUT2D eigenvalue weighted by atomic mass is 10.0. The van der Waals surface area contributed by atoms with Gasteiger partial charge in [-0.25, -0.2) is 5.01 Å². The quantitative estimate of drug-likeness (QED) is 0.917. The normalized spacial score (nSPS) is 20.9. The van der Waals surface area contributed by atoms with Crippen LogP contribution in [0.25, 0.3) is 0 Å². The molecule has 3 rings (SSSR count). The van der Waals surface area contributed by atoms with Gasteiger partial charge in [-0.1, -0.05) is 0 Å². The SMILES string of the molecule is CC1=C(C(F)(F)F)CN(CC2CCOCC2)N1c1cc[nH]c(=O)c1. The van der Waals surface area contributed by atoms with E-state index in [9.17, 15) is 18.0 Å². The molecule has 8 heteroatoms. The monoisotopic (exact) mass is 343 g/mol. The van der Waals surface area contributed by atoms with Gasteiger partial charge in [-0.05, 0) is 31.7 Å². The number of hydrogen-bond acceptors (Lipinski definition) is 4. The molecule has 1 aromatic heterocycles. The van der Waals surface area contributed by atoms with E-state index in [0.717, 1.165) is 12.8 Å². The number of hydrazine groups is 1. The van der Waals surface area contributed by atoms with E-state index in [0.29, 0.717) is 25.4 Å². The van der Waals surface area contributed by atoms with Gasteiger partial charge >= 0.3 is 6.18 Å². The van der Waals surface area contributed by atoms with Crippen LogP contribution in [0.3, 0.4) is 0 Å². The van der Waals surface area contributed by atoms with Gasteiger partial charge in [0.1, 0.15) is 0 Å². The Labute approximate surface area is 137 Å². The number of hydrogen-bond donors (Lipinski definition) is 1. The molecule has 0 aliphatic carbocycles. The second-order valence-electron chi connectivity index (χ2n) is 6.19. The fraction of sp³-hybridized carbons (Fsp3) is 0.562. The highest BCUT2D eigenvalue weighted by atomic mass is 19.4. The van der Waals surface area contributed by atoms with Crippen molar-refractivity contribution in [2.24, 2.45) is 5.92 Å². The van der Waals surface area contributed by atoms with Crippen molar-refractivity contribution in [1.82, 2.24) is 9.99 Å². The van der Waals surface area contributed by atoms with Gasteiger partial charge in [-0.3, -0.25) is 9.80 Å². The summed E-state index contributed by atoms with van der Waals surface area (Å²) in [4.78, 5) is 14.1. The summed E-state index contributed by atoms with van der Waals surface area (Å²) in [7, 11) is 0. The van der Waals surface area contributed by atoms with Crippen molar-refractivity contribution >= 4 is 5.69 Å². The Hall–Kier alpha value is -1.80. The van der Waals surface area contributed by atoms with Gasteiger partial charge in [0, 0.05) is 37.7 Å². The number of aromatic amines is 1. The minimum absolute atomic E-state index is 0.125. The molecule has 0 amide bonds. The van der Waals surface area contributed by atoms with Crippen molar-refractivity contribution < 1.29 is 17.9 Å². The third-order valence-corrected chi connectivity index (χ3v) is 4.53. The highest BCUT2D eigenvalue weighted by molar-refractivity contribution is 5.53. The summed E-state index contributed by atoms with van der Waals surface area (Å²) < 4.78 is 45.3. The highest BCUT2D eigenvalue weighted by Gasteiger charge is 2.43. The Morgan fingerprint density at radius 1 is 1.33 bits per heavy atom. The van der Waals surface area contributed by atoms with E-state index < -0.39 is 11.7 Å². The van der Waals surface area contributed by atoms with Crippen molar-refractivity contribution in [3.05, 3.63) is 40.0 Å². The number of allylic oxidation sites excluding steroid dienone is 1. The number of anilines is 1. The predicted molar refractivity (Wildman–Crippen MR) is 83.4 cm³/mol. The lowest BCUT2D eigenvalue weighted by Crippen LogP contribution is -2.42. The number of nitrogens with zero attached hydrogens (tertiary/aromatic N) is 2. The van der Waals surface area contributed by atoms with E-state index in [1.165, 1.54) is 24.2 Å². The van der Waals surface area contributed by atoms with Crippen molar-refractivity contribution in [3.63, 3.8) is 0 Å². The fourth-order valence-corrected chi connectivity index (χ4v) is 3.30. The van der Waals surface area contributed by atoms with Crippen LogP contribution in [0.1, 0.15) is 19.8 Å². The maximum absolute atomic E-state index is 13.3. The zero-order valence-corrected chi connectivity index (χ0v) is 13.4. The van der Waals surface area contributed by atoms with Gasteiger partial charge in [0.15, 0.2) is 0 Å². The number of ether oxygens (including phenoxy) is 1. The molecule has 5 nitrogen and oxygen atoms in total. The maximum atomic E-state index is 13.3. The third-order valence-electron chi connectivity index (χ3n) is 4.53. The zero-order chi connectivity index (χ0) is 17.3. The Balaban J connectivity index is 1.91. The number of aromatic nitrogens is 1. The molecule has 24 heavy (non-hydrogen) atoms. The molecule has 1 fully saturated rings. The van der Waals surface area contributed by atoms with Crippen LogP contribution < -0.4 is 10.6 Å². The van der Waals surface area contributed by atoms with Crippen LogP contribution in [0.4, 0.5) is 18.9 Å². The average molecular weight is 343 g/mol. The van der Waals surface area contributed by atoms with Crippen LogP contribution in [0.2, 0.25) is 0 Å². The summed E-state index contributed by atoms with van der Waals surface area (Å²) in [5, 5.41) is 3.20. The number of H-pyrrole nitrogens is 1. The van der Waals surface area contributed by atoms with Gasteiger partial charge in [-0.2, -0.15) is 13.2 Å². The summed E-state index contributed by atoms with van der Waals surface area (Å²) in [5.41, 5.74) is -0.329. The maximum Gasteiger partial charge on any atom is 0.415 e. The van der Waals surface area contributed by atoms with Gasteiger partial charge in [0.25, 0.3) is 0 Å². The summed E-state index contributed by atoms with van der Waals surface area (Å²) in [6.07, 6.45) is -1.27. The molecular formula is C16H20F3N3O2. The molecule has 0 saturated carbocycles. The summed E-state index contributed by atoms with van der Waals surface area (Å²) in [6.45, 7) is 3.05.